The molecule has 72 valence electrons. The lowest BCUT2D eigenvalue weighted by atomic mass is 10.1. The van der Waals surface area contributed by atoms with E-state index in [-0.39, 0.29) is 17.0 Å². The van der Waals surface area contributed by atoms with Crippen LogP contribution in [0.2, 0.25) is 5.02 Å². The smallest absolute Gasteiger partial charge is 0.147 e. The Kier molecular flexibility index (Phi) is 3.63. The minimum Gasteiger partial charge on any atom is -0.330 e. The Hall–Kier alpha value is -0.670. The van der Waals surface area contributed by atoms with Gasteiger partial charge in [0.15, 0.2) is 0 Å². The van der Waals surface area contributed by atoms with Gasteiger partial charge in [-0.05, 0) is 31.5 Å². The average Bonchev–Trinajstić information content (AvgIpc) is 2.12. The lowest BCUT2D eigenvalue weighted by Crippen LogP contribution is -2.03. The fourth-order valence-corrected chi connectivity index (χ4v) is 1.25. The molecule has 0 fully saturated rings. The Balaban J connectivity index is 2.96. The Morgan fingerprint density at radius 1 is 1.31 bits per heavy atom. The van der Waals surface area contributed by atoms with Crippen LogP contribution in [0, 0.1) is 11.6 Å². The summed E-state index contributed by atoms with van der Waals surface area (Å²) in [5.74, 6) is -1.23. The van der Waals surface area contributed by atoms with Crippen molar-refractivity contribution >= 4 is 11.6 Å². The van der Waals surface area contributed by atoms with E-state index in [1.165, 1.54) is 6.07 Å². The molecular formula is C9H10ClF2N. The van der Waals surface area contributed by atoms with Gasteiger partial charge in [-0.3, -0.25) is 0 Å². The number of nitrogens with two attached hydrogens (primary N) is 1. The quantitative estimate of drug-likeness (QED) is 0.754. The molecular weight excluding hydrogens is 196 g/mol. The second kappa shape index (κ2) is 4.53. The Labute approximate surface area is 80.5 Å². The largest absolute Gasteiger partial charge is 0.330 e. The molecule has 0 aliphatic heterocycles. The van der Waals surface area contributed by atoms with Gasteiger partial charge in [-0.2, -0.15) is 0 Å². The zero-order valence-electron chi connectivity index (χ0n) is 6.99. The topological polar surface area (TPSA) is 26.0 Å². The molecule has 0 aliphatic carbocycles. The minimum absolute atomic E-state index is 0.0259. The third kappa shape index (κ3) is 2.39. The maximum absolute atomic E-state index is 13.2. The molecule has 0 heterocycles. The number of halogens is 3. The summed E-state index contributed by atoms with van der Waals surface area (Å²) in [7, 11) is 0. The van der Waals surface area contributed by atoms with Crippen LogP contribution in [0.25, 0.3) is 0 Å². The Morgan fingerprint density at radius 3 is 2.62 bits per heavy atom. The molecule has 13 heavy (non-hydrogen) atoms. The highest BCUT2D eigenvalue weighted by molar-refractivity contribution is 6.30. The van der Waals surface area contributed by atoms with Gasteiger partial charge < -0.3 is 5.73 Å². The zero-order valence-corrected chi connectivity index (χ0v) is 7.74. The highest BCUT2D eigenvalue weighted by Crippen LogP contribution is 2.21. The van der Waals surface area contributed by atoms with Crippen molar-refractivity contribution in [1.29, 1.82) is 0 Å². The van der Waals surface area contributed by atoms with Crippen molar-refractivity contribution in [3.8, 4) is 0 Å². The van der Waals surface area contributed by atoms with Gasteiger partial charge in [0.2, 0.25) is 0 Å². The van der Waals surface area contributed by atoms with E-state index < -0.39 is 11.6 Å². The molecule has 0 atom stereocenters. The Bertz CT molecular complexity index is 302. The fourth-order valence-electron chi connectivity index (χ4n) is 1.08. The van der Waals surface area contributed by atoms with E-state index in [1.54, 1.807) is 0 Å². The number of hydrogen-bond donors (Lipinski definition) is 1. The normalized spacial score (nSPS) is 10.5. The van der Waals surface area contributed by atoms with Gasteiger partial charge in [-0.15, -0.1) is 0 Å². The summed E-state index contributed by atoms with van der Waals surface area (Å²) in [5, 5.41) is -0.0478. The van der Waals surface area contributed by atoms with Crippen molar-refractivity contribution in [2.75, 3.05) is 6.54 Å². The predicted molar refractivity (Wildman–Crippen MR) is 48.7 cm³/mol. The number of hydrogen-bond acceptors (Lipinski definition) is 1. The lowest BCUT2D eigenvalue weighted by Gasteiger charge is -2.04. The number of benzene rings is 1. The number of rotatable bonds is 3. The van der Waals surface area contributed by atoms with Crippen LogP contribution < -0.4 is 5.73 Å². The van der Waals surface area contributed by atoms with Crippen LogP contribution >= 0.6 is 11.6 Å². The molecule has 0 bridgehead atoms. The van der Waals surface area contributed by atoms with Crippen LogP contribution in [0.1, 0.15) is 12.0 Å². The summed E-state index contributed by atoms with van der Waals surface area (Å²) in [4.78, 5) is 0. The molecule has 0 aliphatic rings. The van der Waals surface area contributed by atoms with Crippen LogP contribution in [0.4, 0.5) is 8.78 Å². The SMILES string of the molecule is NCCCc1c(F)ccc(Cl)c1F. The van der Waals surface area contributed by atoms with Crippen LogP contribution in [0.3, 0.4) is 0 Å². The molecule has 0 unspecified atom stereocenters. The average molecular weight is 206 g/mol. The molecule has 0 saturated carbocycles. The minimum atomic E-state index is -0.671. The molecule has 1 nitrogen and oxygen atoms in total. The van der Waals surface area contributed by atoms with Gasteiger partial charge in [0.05, 0.1) is 5.02 Å². The summed E-state index contributed by atoms with van der Waals surface area (Å²) in [6.07, 6.45) is 0.836. The predicted octanol–water partition coefficient (Wildman–Crippen LogP) is 2.51. The van der Waals surface area contributed by atoms with Crippen molar-refractivity contribution in [2.24, 2.45) is 5.73 Å². The maximum Gasteiger partial charge on any atom is 0.147 e. The van der Waals surface area contributed by atoms with E-state index in [1.807, 2.05) is 0 Å². The van der Waals surface area contributed by atoms with Crippen LogP contribution in [-0.2, 0) is 6.42 Å². The van der Waals surface area contributed by atoms with Crippen molar-refractivity contribution in [3.63, 3.8) is 0 Å². The summed E-state index contributed by atoms with van der Waals surface area (Å²) < 4.78 is 26.2. The first kappa shape index (κ1) is 10.4. The first-order chi connectivity index (χ1) is 6.16. The van der Waals surface area contributed by atoms with Crippen LogP contribution in [0.15, 0.2) is 12.1 Å². The van der Waals surface area contributed by atoms with Crippen molar-refractivity contribution in [1.82, 2.24) is 0 Å². The molecule has 0 saturated heterocycles. The molecule has 1 aromatic rings. The van der Waals surface area contributed by atoms with E-state index in [0.717, 1.165) is 6.07 Å². The Morgan fingerprint density at radius 2 is 2.00 bits per heavy atom. The lowest BCUT2D eigenvalue weighted by molar-refractivity contribution is 0.551. The molecule has 4 heteroatoms. The maximum atomic E-state index is 13.2. The van der Waals surface area contributed by atoms with Crippen molar-refractivity contribution in [3.05, 3.63) is 34.4 Å². The standard InChI is InChI=1S/C9H10ClF2N/c10-7-3-4-8(11)6(9(7)12)2-1-5-13/h3-4H,1-2,5,13H2. The summed E-state index contributed by atoms with van der Waals surface area (Å²) in [6.45, 7) is 0.408. The molecule has 0 amide bonds. The summed E-state index contributed by atoms with van der Waals surface area (Å²) >= 11 is 5.49. The summed E-state index contributed by atoms with van der Waals surface area (Å²) in [5.41, 5.74) is 5.26. The van der Waals surface area contributed by atoms with Gasteiger partial charge in [0.25, 0.3) is 0 Å². The van der Waals surface area contributed by atoms with Gasteiger partial charge in [0.1, 0.15) is 11.6 Å². The fraction of sp³-hybridized carbons (Fsp3) is 0.333. The second-order valence-electron chi connectivity index (χ2n) is 2.71. The summed E-state index contributed by atoms with van der Waals surface area (Å²) in [6, 6.07) is 2.37. The van der Waals surface area contributed by atoms with E-state index in [9.17, 15) is 8.78 Å². The molecule has 1 aromatic carbocycles. The van der Waals surface area contributed by atoms with Crippen LogP contribution in [-0.4, -0.2) is 6.54 Å². The monoisotopic (exact) mass is 205 g/mol. The van der Waals surface area contributed by atoms with E-state index in [4.69, 9.17) is 17.3 Å². The molecule has 0 aromatic heterocycles. The van der Waals surface area contributed by atoms with Crippen molar-refractivity contribution in [2.45, 2.75) is 12.8 Å². The first-order valence-corrected chi connectivity index (χ1v) is 4.37. The van der Waals surface area contributed by atoms with E-state index >= 15 is 0 Å². The molecule has 2 N–H and O–H groups in total. The molecule has 1 rings (SSSR count). The van der Waals surface area contributed by atoms with E-state index in [2.05, 4.69) is 0 Å². The van der Waals surface area contributed by atoms with Gasteiger partial charge in [0, 0.05) is 5.56 Å². The molecule has 0 radical (unpaired) electrons. The highest BCUT2D eigenvalue weighted by atomic mass is 35.5. The molecule has 0 spiro atoms. The third-order valence-electron chi connectivity index (χ3n) is 1.77. The van der Waals surface area contributed by atoms with Gasteiger partial charge in [-0.25, -0.2) is 8.78 Å². The highest BCUT2D eigenvalue weighted by Gasteiger charge is 2.11. The second-order valence-corrected chi connectivity index (χ2v) is 3.12. The van der Waals surface area contributed by atoms with Gasteiger partial charge >= 0.3 is 0 Å². The van der Waals surface area contributed by atoms with Crippen molar-refractivity contribution < 1.29 is 8.78 Å². The van der Waals surface area contributed by atoms with E-state index in [0.29, 0.717) is 13.0 Å². The van der Waals surface area contributed by atoms with Gasteiger partial charge in [-0.1, -0.05) is 11.6 Å². The zero-order chi connectivity index (χ0) is 9.84. The first-order valence-electron chi connectivity index (χ1n) is 3.99. The third-order valence-corrected chi connectivity index (χ3v) is 2.06. The van der Waals surface area contributed by atoms with Crippen LogP contribution in [0.5, 0.6) is 0 Å².